The van der Waals surface area contributed by atoms with E-state index in [1.165, 1.54) is 0 Å². The van der Waals surface area contributed by atoms with Gasteiger partial charge in [-0.3, -0.25) is 4.79 Å². The van der Waals surface area contributed by atoms with E-state index in [0.29, 0.717) is 5.56 Å². The maximum atomic E-state index is 12.4. The van der Waals surface area contributed by atoms with Gasteiger partial charge in [0.2, 0.25) is 0 Å². The Kier molecular flexibility index (Phi) is 5.04. The van der Waals surface area contributed by atoms with Crippen molar-refractivity contribution in [1.29, 1.82) is 0 Å². The van der Waals surface area contributed by atoms with Crippen molar-refractivity contribution in [2.75, 3.05) is 5.32 Å². The van der Waals surface area contributed by atoms with Gasteiger partial charge in [-0.05, 0) is 81.1 Å². The molecule has 0 unspecified atom stereocenters. The van der Waals surface area contributed by atoms with Crippen LogP contribution in [0.5, 0.6) is 0 Å². The molecule has 0 spiro atoms. The first-order chi connectivity index (χ1) is 9.38. The molecule has 0 atom stereocenters. The molecule has 0 radical (unpaired) electrons. The molecule has 0 heterocycles. The summed E-state index contributed by atoms with van der Waals surface area (Å²) in [7, 11) is 0. The van der Waals surface area contributed by atoms with Gasteiger partial charge in [0.05, 0.1) is 11.3 Å². The molecule has 0 aliphatic rings. The van der Waals surface area contributed by atoms with Crippen LogP contribution >= 0.6 is 47.8 Å². The minimum absolute atomic E-state index is 0.142. The topological polar surface area (TPSA) is 29.1 Å². The zero-order valence-corrected chi connectivity index (χ0v) is 15.7. The molecule has 104 valence electrons. The molecular weight excluding hydrogens is 450 g/mol. The SMILES string of the molecule is Cc1cc(C)c(NC(=O)c2ccc(Br)cc2Br)c(Br)c1. The van der Waals surface area contributed by atoms with Crippen LogP contribution in [-0.4, -0.2) is 5.91 Å². The highest BCUT2D eigenvalue weighted by Crippen LogP contribution is 2.29. The second-order valence-corrected chi connectivity index (χ2v) is 7.14. The van der Waals surface area contributed by atoms with Gasteiger partial charge < -0.3 is 5.32 Å². The smallest absolute Gasteiger partial charge is 0.256 e. The second kappa shape index (κ2) is 6.41. The van der Waals surface area contributed by atoms with E-state index in [9.17, 15) is 4.79 Å². The normalized spacial score (nSPS) is 10.4. The summed E-state index contributed by atoms with van der Waals surface area (Å²) < 4.78 is 2.57. The average Bonchev–Trinajstić information content (AvgIpc) is 2.33. The fraction of sp³-hybridized carbons (Fsp3) is 0.133. The molecule has 0 aromatic heterocycles. The minimum atomic E-state index is -0.142. The number of benzene rings is 2. The van der Waals surface area contributed by atoms with Gasteiger partial charge >= 0.3 is 0 Å². The van der Waals surface area contributed by atoms with Crippen LogP contribution in [0.3, 0.4) is 0 Å². The number of carbonyl (C=O) groups is 1. The number of hydrogen-bond donors (Lipinski definition) is 1. The lowest BCUT2D eigenvalue weighted by Crippen LogP contribution is -2.14. The largest absolute Gasteiger partial charge is 0.321 e. The Labute approximate surface area is 143 Å². The van der Waals surface area contributed by atoms with E-state index in [1.807, 2.05) is 38.1 Å². The van der Waals surface area contributed by atoms with Crippen LogP contribution in [-0.2, 0) is 0 Å². The summed E-state index contributed by atoms with van der Waals surface area (Å²) in [6.07, 6.45) is 0. The number of anilines is 1. The van der Waals surface area contributed by atoms with E-state index in [0.717, 1.165) is 30.2 Å². The molecule has 0 bridgehead atoms. The Bertz CT molecular complexity index is 660. The molecule has 2 aromatic rings. The fourth-order valence-corrected chi connectivity index (χ4v) is 3.93. The summed E-state index contributed by atoms with van der Waals surface area (Å²) in [5, 5.41) is 2.95. The highest BCUT2D eigenvalue weighted by molar-refractivity contribution is 9.11. The van der Waals surface area contributed by atoms with E-state index in [4.69, 9.17) is 0 Å². The van der Waals surface area contributed by atoms with Crippen LogP contribution in [0.4, 0.5) is 5.69 Å². The molecular formula is C15H12Br3NO. The monoisotopic (exact) mass is 459 g/mol. The van der Waals surface area contributed by atoms with Crippen LogP contribution in [0.15, 0.2) is 43.7 Å². The lowest BCUT2D eigenvalue weighted by atomic mass is 10.1. The number of nitrogens with one attached hydrogen (secondary N) is 1. The predicted molar refractivity (Wildman–Crippen MR) is 93.4 cm³/mol. The Morgan fingerprint density at radius 3 is 2.30 bits per heavy atom. The van der Waals surface area contributed by atoms with Crippen molar-refractivity contribution in [3.63, 3.8) is 0 Å². The lowest BCUT2D eigenvalue weighted by Gasteiger charge is -2.12. The van der Waals surface area contributed by atoms with Gasteiger partial charge in [-0.25, -0.2) is 0 Å². The Balaban J connectivity index is 2.33. The number of carbonyl (C=O) groups excluding carboxylic acids is 1. The first-order valence-corrected chi connectivity index (χ1v) is 8.29. The van der Waals surface area contributed by atoms with Crippen molar-refractivity contribution < 1.29 is 4.79 Å². The number of amides is 1. The van der Waals surface area contributed by atoms with Crippen molar-refractivity contribution in [3.8, 4) is 0 Å². The molecule has 0 aliphatic heterocycles. The first kappa shape index (κ1) is 15.7. The molecule has 0 aliphatic carbocycles. The van der Waals surface area contributed by atoms with Crippen LogP contribution in [0.1, 0.15) is 21.5 Å². The fourth-order valence-electron chi connectivity index (χ4n) is 1.93. The summed E-state index contributed by atoms with van der Waals surface area (Å²) in [4.78, 5) is 12.4. The lowest BCUT2D eigenvalue weighted by molar-refractivity contribution is 0.102. The third-order valence-corrected chi connectivity index (χ3v) is 4.62. The predicted octanol–water partition coefficient (Wildman–Crippen LogP) is 5.84. The molecule has 20 heavy (non-hydrogen) atoms. The van der Waals surface area contributed by atoms with Gasteiger partial charge in [-0.2, -0.15) is 0 Å². The summed E-state index contributed by atoms with van der Waals surface area (Å²) in [5.74, 6) is -0.142. The Morgan fingerprint density at radius 2 is 1.70 bits per heavy atom. The molecule has 2 rings (SSSR count). The van der Waals surface area contributed by atoms with Crippen molar-refractivity contribution in [3.05, 3.63) is 60.4 Å². The maximum Gasteiger partial charge on any atom is 0.256 e. The van der Waals surface area contributed by atoms with Gasteiger partial charge in [0.1, 0.15) is 0 Å². The zero-order chi connectivity index (χ0) is 14.9. The van der Waals surface area contributed by atoms with E-state index >= 15 is 0 Å². The van der Waals surface area contributed by atoms with Gasteiger partial charge in [-0.1, -0.05) is 22.0 Å². The summed E-state index contributed by atoms with van der Waals surface area (Å²) >= 11 is 10.3. The van der Waals surface area contributed by atoms with Crippen molar-refractivity contribution in [1.82, 2.24) is 0 Å². The van der Waals surface area contributed by atoms with Gasteiger partial charge in [0.25, 0.3) is 5.91 Å². The van der Waals surface area contributed by atoms with E-state index < -0.39 is 0 Å². The van der Waals surface area contributed by atoms with Crippen molar-refractivity contribution >= 4 is 59.4 Å². The van der Waals surface area contributed by atoms with Crippen LogP contribution < -0.4 is 5.32 Å². The molecule has 0 fully saturated rings. The molecule has 2 aromatic carbocycles. The first-order valence-electron chi connectivity index (χ1n) is 5.91. The average molecular weight is 462 g/mol. The molecule has 0 saturated heterocycles. The van der Waals surface area contributed by atoms with Crippen molar-refractivity contribution in [2.24, 2.45) is 0 Å². The molecule has 0 saturated carbocycles. The zero-order valence-electron chi connectivity index (χ0n) is 10.9. The van der Waals surface area contributed by atoms with Gasteiger partial charge in [-0.15, -0.1) is 0 Å². The molecule has 2 nitrogen and oxygen atoms in total. The molecule has 1 N–H and O–H groups in total. The van der Waals surface area contributed by atoms with Crippen LogP contribution in [0, 0.1) is 13.8 Å². The number of hydrogen-bond acceptors (Lipinski definition) is 1. The maximum absolute atomic E-state index is 12.4. The van der Waals surface area contributed by atoms with E-state index in [2.05, 4.69) is 53.1 Å². The van der Waals surface area contributed by atoms with Crippen molar-refractivity contribution in [2.45, 2.75) is 13.8 Å². The van der Waals surface area contributed by atoms with Gasteiger partial charge in [0, 0.05) is 13.4 Å². The number of aryl methyl sites for hydroxylation is 2. The third kappa shape index (κ3) is 3.51. The minimum Gasteiger partial charge on any atom is -0.321 e. The van der Waals surface area contributed by atoms with E-state index in [-0.39, 0.29) is 5.91 Å². The highest BCUT2D eigenvalue weighted by Gasteiger charge is 2.13. The molecule has 5 heteroatoms. The summed E-state index contributed by atoms with van der Waals surface area (Å²) in [6, 6.07) is 9.50. The number of rotatable bonds is 2. The summed E-state index contributed by atoms with van der Waals surface area (Å²) in [5.41, 5.74) is 3.58. The Hall–Kier alpha value is -0.650. The van der Waals surface area contributed by atoms with E-state index in [1.54, 1.807) is 6.07 Å². The highest BCUT2D eigenvalue weighted by atomic mass is 79.9. The Morgan fingerprint density at radius 1 is 1.00 bits per heavy atom. The van der Waals surface area contributed by atoms with Gasteiger partial charge in [0.15, 0.2) is 0 Å². The standard InChI is InChI=1S/C15H12Br3NO/c1-8-5-9(2)14(13(18)6-8)19-15(20)11-4-3-10(16)7-12(11)17/h3-7H,1-2H3,(H,19,20). The van der Waals surface area contributed by atoms with Crippen LogP contribution in [0.2, 0.25) is 0 Å². The summed E-state index contributed by atoms with van der Waals surface area (Å²) in [6.45, 7) is 4.00. The third-order valence-electron chi connectivity index (χ3n) is 2.85. The van der Waals surface area contributed by atoms with Crippen LogP contribution in [0.25, 0.3) is 0 Å². The quantitative estimate of drug-likeness (QED) is 0.597. The molecule has 1 amide bonds. The number of halogens is 3. The second-order valence-electron chi connectivity index (χ2n) is 4.52.